The van der Waals surface area contributed by atoms with Crippen molar-refractivity contribution in [2.75, 3.05) is 32.8 Å². The number of benzene rings is 1. The molecule has 11 heteroatoms. The molecule has 3 aromatic rings. The van der Waals surface area contributed by atoms with E-state index in [0.717, 1.165) is 17.7 Å². The number of morpholine rings is 1. The molecule has 2 aliphatic rings. The maximum Gasteiger partial charge on any atom is 0.227 e. The fraction of sp³-hybridized carbons (Fsp3) is 0.391. The van der Waals surface area contributed by atoms with Crippen LogP contribution in [0, 0.1) is 19.3 Å². The van der Waals surface area contributed by atoms with Gasteiger partial charge in [0.15, 0.2) is 5.82 Å². The number of halogens is 1. The van der Waals surface area contributed by atoms with Crippen LogP contribution >= 0.6 is 0 Å². The van der Waals surface area contributed by atoms with Crippen molar-refractivity contribution < 1.29 is 13.9 Å². The number of amides is 1. The SMILES string of the molecule is [C-]#[N+]c1c(C)cc([C@H]2CN3CCN(C(=O)Cc4ccc(-n5cnnn5)nc4)C[C@@H]3CO2)cc1F. The van der Waals surface area contributed by atoms with Crippen molar-refractivity contribution in [1.82, 2.24) is 35.0 Å². The zero-order valence-corrected chi connectivity index (χ0v) is 18.6. The maximum absolute atomic E-state index is 14.3. The normalized spacial score (nSPS) is 20.6. The molecule has 0 unspecified atom stereocenters. The van der Waals surface area contributed by atoms with E-state index in [1.807, 2.05) is 17.0 Å². The number of piperazine rings is 1. The molecule has 5 rings (SSSR count). The van der Waals surface area contributed by atoms with Crippen molar-refractivity contribution in [1.29, 1.82) is 0 Å². The van der Waals surface area contributed by atoms with Crippen LogP contribution in [0.15, 0.2) is 36.8 Å². The van der Waals surface area contributed by atoms with Crippen LogP contribution < -0.4 is 0 Å². The highest BCUT2D eigenvalue weighted by Gasteiger charge is 2.35. The van der Waals surface area contributed by atoms with Gasteiger partial charge in [-0.1, -0.05) is 12.1 Å². The second-order valence-electron chi connectivity index (χ2n) is 8.55. The van der Waals surface area contributed by atoms with Gasteiger partial charge in [-0.25, -0.2) is 14.2 Å². The zero-order chi connectivity index (χ0) is 23.7. The molecule has 2 aromatic heterocycles. The Morgan fingerprint density at radius 2 is 2.18 bits per heavy atom. The van der Waals surface area contributed by atoms with Gasteiger partial charge in [-0.2, -0.15) is 4.68 Å². The van der Waals surface area contributed by atoms with Crippen molar-refractivity contribution in [3.8, 4) is 5.82 Å². The molecule has 4 heterocycles. The topological polar surface area (TPSA) is 93.6 Å². The van der Waals surface area contributed by atoms with Gasteiger partial charge in [-0.05, 0) is 46.2 Å². The fourth-order valence-electron chi connectivity index (χ4n) is 4.51. The molecule has 34 heavy (non-hydrogen) atoms. The quantitative estimate of drug-likeness (QED) is 0.547. The first-order valence-electron chi connectivity index (χ1n) is 11.0. The summed E-state index contributed by atoms with van der Waals surface area (Å²) in [7, 11) is 0. The van der Waals surface area contributed by atoms with Gasteiger partial charge in [-0.3, -0.25) is 9.69 Å². The van der Waals surface area contributed by atoms with Crippen LogP contribution in [0.1, 0.15) is 22.8 Å². The van der Waals surface area contributed by atoms with Crippen LogP contribution in [0.3, 0.4) is 0 Å². The predicted octanol–water partition coefficient (Wildman–Crippen LogP) is 1.88. The van der Waals surface area contributed by atoms with E-state index in [2.05, 4.69) is 30.3 Å². The number of carbonyl (C=O) groups excluding carboxylic acids is 1. The second kappa shape index (κ2) is 9.24. The van der Waals surface area contributed by atoms with Gasteiger partial charge in [-0.15, -0.1) is 5.10 Å². The summed E-state index contributed by atoms with van der Waals surface area (Å²) in [6.07, 6.45) is 3.14. The number of ether oxygens (including phenoxy) is 1. The highest BCUT2D eigenvalue weighted by molar-refractivity contribution is 5.79. The Balaban J connectivity index is 1.18. The molecule has 0 N–H and O–H groups in total. The maximum atomic E-state index is 14.3. The van der Waals surface area contributed by atoms with Gasteiger partial charge in [0.2, 0.25) is 11.6 Å². The lowest BCUT2D eigenvalue weighted by molar-refractivity contribution is -0.139. The lowest BCUT2D eigenvalue weighted by atomic mass is 10.0. The van der Waals surface area contributed by atoms with Crippen LogP contribution in [0.5, 0.6) is 0 Å². The minimum Gasteiger partial charge on any atom is -0.370 e. The minimum absolute atomic E-state index is 0.0474. The van der Waals surface area contributed by atoms with E-state index in [4.69, 9.17) is 11.3 Å². The minimum atomic E-state index is -0.508. The monoisotopic (exact) mass is 462 g/mol. The van der Waals surface area contributed by atoms with Gasteiger partial charge in [0.05, 0.1) is 31.7 Å². The summed E-state index contributed by atoms with van der Waals surface area (Å²) in [6.45, 7) is 11.9. The lowest BCUT2D eigenvalue weighted by Gasteiger charge is -2.46. The Kier molecular flexibility index (Phi) is 6.00. The number of fused-ring (bicyclic) bond motifs is 1. The molecule has 0 aliphatic carbocycles. The van der Waals surface area contributed by atoms with Crippen LogP contribution in [0.2, 0.25) is 0 Å². The van der Waals surface area contributed by atoms with Crippen LogP contribution in [-0.4, -0.2) is 79.7 Å². The molecule has 0 spiro atoms. The number of carbonyl (C=O) groups is 1. The summed E-state index contributed by atoms with van der Waals surface area (Å²) >= 11 is 0. The molecule has 2 saturated heterocycles. The average molecular weight is 462 g/mol. The highest BCUT2D eigenvalue weighted by atomic mass is 19.1. The van der Waals surface area contributed by atoms with Crippen LogP contribution in [0.4, 0.5) is 10.1 Å². The van der Waals surface area contributed by atoms with Crippen molar-refractivity contribution in [3.05, 3.63) is 70.7 Å². The Labute approximate surface area is 195 Å². The van der Waals surface area contributed by atoms with E-state index in [0.29, 0.717) is 37.6 Å². The summed E-state index contributed by atoms with van der Waals surface area (Å²) in [4.78, 5) is 24.7. The molecular formula is C23H23FN8O2. The molecule has 2 aliphatic heterocycles. The number of aryl methyl sites for hydroxylation is 1. The standard InChI is InChI=1S/C23H23FN8O2/c1-15-7-17(9-19(24)23(15)25-2)20-12-30-5-6-31(11-18(30)13-34-20)22(33)8-16-3-4-21(26-10-16)32-14-27-28-29-32/h3-4,7,9-10,14,18,20H,5-6,8,11-13H2,1H3/t18-,20-/m1/s1. The van der Waals surface area contributed by atoms with E-state index in [1.54, 1.807) is 19.2 Å². The Morgan fingerprint density at radius 1 is 1.29 bits per heavy atom. The van der Waals surface area contributed by atoms with Gasteiger partial charge in [0.1, 0.15) is 12.1 Å². The van der Waals surface area contributed by atoms with Gasteiger partial charge < -0.3 is 9.64 Å². The van der Waals surface area contributed by atoms with E-state index in [-0.39, 0.29) is 30.2 Å². The largest absolute Gasteiger partial charge is 0.370 e. The highest BCUT2D eigenvalue weighted by Crippen LogP contribution is 2.32. The van der Waals surface area contributed by atoms with E-state index < -0.39 is 5.82 Å². The van der Waals surface area contributed by atoms with Crippen LogP contribution in [-0.2, 0) is 16.0 Å². The molecule has 0 bridgehead atoms. The molecular weight excluding hydrogens is 439 g/mol. The van der Waals surface area contributed by atoms with E-state index >= 15 is 0 Å². The first-order valence-corrected chi connectivity index (χ1v) is 11.0. The number of aromatic nitrogens is 5. The number of hydrogen-bond donors (Lipinski definition) is 0. The number of nitrogens with zero attached hydrogens (tertiary/aromatic N) is 8. The summed E-state index contributed by atoms with van der Waals surface area (Å²) in [5, 5.41) is 11.0. The molecule has 1 amide bonds. The van der Waals surface area contributed by atoms with E-state index in [1.165, 1.54) is 17.1 Å². The Morgan fingerprint density at radius 3 is 2.88 bits per heavy atom. The van der Waals surface area contributed by atoms with Gasteiger partial charge in [0, 0.05) is 32.4 Å². The van der Waals surface area contributed by atoms with Crippen molar-refractivity contribution >= 4 is 11.6 Å². The first kappa shape index (κ1) is 22.1. The molecule has 174 valence electrons. The van der Waals surface area contributed by atoms with Crippen molar-refractivity contribution in [2.45, 2.75) is 25.5 Å². The number of hydrogen-bond acceptors (Lipinski definition) is 7. The Bertz CT molecular complexity index is 1200. The number of rotatable bonds is 4. The summed E-state index contributed by atoms with van der Waals surface area (Å²) in [5.41, 5.74) is 2.25. The third-order valence-corrected chi connectivity index (χ3v) is 6.36. The molecule has 0 radical (unpaired) electrons. The molecule has 0 saturated carbocycles. The van der Waals surface area contributed by atoms with Gasteiger partial charge in [0.25, 0.3) is 0 Å². The third-order valence-electron chi connectivity index (χ3n) is 6.36. The number of pyridine rings is 1. The van der Waals surface area contributed by atoms with E-state index in [9.17, 15) is 9.18 Å². The summed E-state index contributed by atoms with van der Waals surface area (Å²) < 4.78 is 21.8. The average Bonchev–Trinajstić information content (AvgIpc) is 3.39. The summed E-state index contributed by atoms with van der Waals surface area (Å²) in [5.74, 6) is 0.125. The third kappa shape index (κ3) is 4.37. The van der Waals surface area contributed by atoms with Crippen molar-refractivity contribution in [3.63, 3.8) is 0 Å². The first-order chi connectivity index (χ1) is 16.5. The predicted molar refractivity (Wildman–Crippen MR) is 119 cm³/mol. The molecule has 10 nitrogen and oxygen atoms in total. The zero-order valence-electron chi connectivity index (χ0n) is 18.6. The second-order valence-corrected chi connectivity index (χ2v) is 8.55. The van der Waals surface area contributed by atoms with Gasteiger partial charge >= 0.3 is 0 Å². The fourth-order valence-corrected chi connectivity index (χ4v) is 4.51. The summed E-state index contributed by atoms with van der Waals surface area (Å²) in [6, 6.07) is 6.97. The Hall–Kier alpha value is -3.75. The molecule has 2 atom stereocenters. The van der Waals surface area contributed by atoms with Crippen molar-refractivity contribution in [2.24, 2.45) is 0 Å². The molecule has 2 fully saturated rings. The van der Waals surface area contributed by atoms with Crippen LogP contribution in [0.25, 0.3) is 10.7 Å². The number of tetrazole rings is 1. The molecule has 1 aromatic carbocycles. The lowest BCUT2D eigenvalue weighted by Crippen LogP contribution is -2.59. The smallest absolute Gasteiger partial charge is 0.227 e.